The second-order valence-corrected chi connectivity index (χ2v) is 4.14. The van der Waals surface area contributed by atoms with Gasteiger partial charge in [-0.1, -0.05) is 0 Å². The van der Waals surface area contributed by atoms with Crippen LogP contribution in [0, 0.1) is 0 Å². The van der Waals surface area contributed by atoms with Gasteiger partial charge < -0.3 is 4.74 Å². The first kappa shape index (κ1) is 11.1. The zero-order valence-corrected chi connectivity index (χ0v) is 9.26. The van der Waals surface area contributed by atoms with E-state index in [0.29, 0.717) is 6.42 Å². The minimum Gasteiger partial charge on any atom is -0.497 e. The van der Waals surface area contributed by atoms with E-state index in [1.807, 2.05) is 24.3 Å². The average Bonchev–Trinajstić information content (AvgIpc) is 2.18. The van der Waals surface area contributed by atoms with Crippen molar-refractivity contribution in [2.75, 3.05) is 12.9 Å². The second kappa shape index (κ2) is 5.70. The molecular weight excluding hydrogens is 196 g/mol. The maximum Gasteiger partial charge on any atom is 0.130 e. The molecule has 0 saturated carbocycles. The fourth-order valence-electron chi connectivity index (χ4n) is 0.985. The molecule has 14 heavy (non-hydrogen) atoms. The topological polar surface area (TPSA) is 26.3 Å². The lowest BCUT2D eigenvalue weighted by molar-refractivity contribution is -0.116. The zero-order valence-electron chi connectivity index (χ0n) is 8.45. The van der Waals surface area contributed by atoms with Crippen molar-refractivity contribution in [3.8, 4) is 5.75 Å². The van der Waals surface area contributed by atoms with Crippen LogP contribution in [0.2, 0.25) is 0 Å². The van der Waals surface area contributed by atoms with Gasteiger partial charge >= 0.3 is 0 Å². The SMILES string of the molecule is COc1ccc(SCCC(C)=O)cc1. The number of thioether (sulfide) groups is 1. The molecule has 3 heteroatoms. The Kier molecular flexibility index (Phi) is 4.53. The van der Waals surface area contributed by atoms with Gasteiger partial charge in [0.1, 0.15) is 11.5 Å². The third-order valence-corrected chi connectivity index (χ3v) is 2.80. The lowest BCUT2D eigenvalue weighted by Crippen LogP contribution is -1.91. The average molecular weight is 210 g/mol. The maximum absolute atomic E-state index is 10.7. The molecule has 0 fully saturated rings. The molecule has 0 amide bonds. The van der Waals surface area contributed by atoms with Gasteiger partial charge in [0.25, 0.3) is 0 Å². The molecule has 0 aromatic heterocycles. The predicted molar refractivity (Wildman–Crippen MR) is 59.0 cm³/mol. The molecule has 0 heterocycles. The molecule has 0 saturated heterocycles. The van der Waals surface area contributed by atoms with Crippen molar-refractivity contribution >= 4 is 17.5 Å². The smallest absolute Gasteiger partial charge is 0.130 e. The first-order chi connectivity index (χ1) is 6.72. The third-order valence-electron chi connectivity index (χ3n) is 1.78. The van der Waals surface area contributed by atoms with Crippen LogP contribution in [0.15, 0.2) is 29.2 Å². The van der Waals surface area contributed by atoms with Gasteiger partial charge in [0.05, 0.1) is 7.11 Å². The van der Waals surface area contributed by atoms with Crippen LogP contribution in [0.25, 0.3) is 0 Å². The summed E-state index contributed by atoms with van der Waals surface area (Å²) in [5, 5.41) is 0. The van der Waals surface area contributed by atoms with Crippen molar-refractivity contribution in [2.45, 2.75) is 18.2 Å². The molecule has 1 aromatic carbocycles. The van der Waals surface area contributed by atoms with Crippen molar-refractivity contribution in [1.29, 1.82) is 0 Å². The van der Waals surface area contributed by atoms with Gasteiger partial charge in [0.2, 0.25) is 0 Å². The van der Waals surface area contributed by atoms with E-state index in [-0.39, 0.29) is 5.78 Å². The van der Waals surface area contributed by atoms with Crippen molar-refractivity contribution < 1.29 is 9.53 Å². The van der Waals surface area contributed by atoms with Crippen LogP contribution in [0.5, 0.6) is 5.75 Å². The summed E-state index contributed by atoms with van der Waals surface area (Å²) in [7, 11) is 1.65. The number of benzene rings is 1. The Balaban J connectivity index is 2.40. The van der Waals surface area contributed by atoms with E-state index >= 15 is 0 Å². The molecule has 2 nitrogen and oxygen atoms in total. The number of hydrogen-bond acceptors (Lipinski definition) is 3. The Morgan fingerprint density at radius 1 is 1.36 bits per heavy atom. The predicted octanol–water partition coefficient (Wildman–Crippen LogP) is 2.77. The molecule has 1 aromatic rings. The quantitative estimate of drug-likeness (QED) is 0.699. The lowest BCUT2D eigenvalue weighted by Gasteiger charge is -2.02. The number of ketones is 1. The normalized spacial score (nSPS) is 9.86. The highest BCUT2D eigenvalue weighted by atomic mass is 32.2. The molecule has 0 spiro atoms. The van der Waals surface area contributed by atoms with Crippen LogP contribution in [0.4, 0.5) is 0 Å². The number of rotatable bonds is 5. The van der Waals surface area contributed by atoms with E-state index in [4.69, 9.17) is 4.74 Å². The van der Waals surface area contributed by atoms with E-state index in [9.17, 15) is 4.79 Å². The minimum atomic E-state index is 0.242. The first-order valence-corrected chi connectivity index (χ1v) is 5.47. The summed E-state index contributed by atoms with van der Waals surface area (Å²) in [5.41, 5.74) is 0. The highest BCUT2D eigenvalue weighted by Gasteiger charge is 1.97. The number of methoxy groups -OCH3 is 1. The summed E-state index contributed by atoms with van der Waals surface area (Å²) in [5.74, 6) is 1.95. The van der Waals surface area contributed by atoms with Gasteiger partial charge in [-0.3, -0.25) is 4.79 Å². The third kappa shape index (κ3) is 3.83. The summed E-state index contributed by atoms with van der Waals surface area (Å²) in [6, 6.07) is 7.86. The van der Waals surface area contributed by atoms with Crippen LogP contribution in [0.3, 0.4) is 0 Å². The van der Waals surface area contributed by atoms with Gasteiger partial charge in [-0.05, 0) is 31.2 Å². The van der Waals surface area contributed by atoms with Gasteiger partial charge in [-0.2, -0.15) is 0 Å². The Morgan fingerprint density at radius 2 is 2.00 bits per heavy atom. The summed E-state index contributed by atoms with van der Waals surface area (Å²) in [4.78, 5) is 11.9. The van der Waals surface area contributed by atoms with Gasteiger partial charge in [-0.15, -0.1) is 11.8 Å². The zero-order chi connectivity index (χ0) is 10.4. The van der Waals surface area contributed by atoms with Crippen LogP contribution in [-0.2, 0) is 4.79 Å². The highest BCUT2D eigenvalue weighted by molar-refractivity contribution is 7.99. The van der Waals surface area contributed by atoms with Gasteiger partial charge in [0.15, 0.2) is 0 Å². The number of ether oxygens (including phenoxy) is 1. The molecule has 0 atom stereocenters. The van der Waals surface area contributed by atoms with Crippen molar-refractivity contribution in [1.82, 2.24) is 0 Å². The second-order valence-electron chi connectivity index (χ2n) is 2.98. The van der Waals surface area contributed by atoms with Crippen molar-refractivity contribution in [3.63, 3.8) is 0 Å². The van der Waals surface area contributed by atoms with Gasteiger partial charge in [0, 0.05) is 17.1 Å². The molecule has 76 valence electrons. The molecule has 0 bridgehead atoms. The number of carbonyl (C=O) groups excluding carboxylic acids is 1. The molecule has 0 N–H and O–H groups in total. The largest absolute Gasteiger partial charge is 0.497 e. The molecule has 0 aliphatic carbocycles. The lowest BCUT2D eigenvalue weighted by atomic mass is 10.3. The van der Waals surface area contributed by atoms with Crippen LogP contribution in [0.1, 0.15) is 13.3 Å². The maximum atomic E-state index is 10.7. The summed E-state index contributed by atoms with van der Waals surface area (Å²) >= 11 is 1.69. The molecule has 0 aliphatic rings. The molecular formula is C11H14O2S. The molecule has 0 aliphatic heterocycles. The van der Waals surface area contributed by atoms with Crippen LogP contribution < -0.4 is 4.74 Å². The Morgan fingerprint density at radius 3 is 2.50 bits per heavy atom. The number of hydrogen-bond donors (Lipinski definition) is 0. The van der Waals surface area contributed by atoms with Crippen molar-refractivity contribution in [3.05, 3.63) is 24.3 Å². The van der Waals surface area contributed by atoms with Gasteiger partial charge in [-0.25, -0.2) is 0 Å². The Labute approximate surface area is 88.7 Å². The number of Topliss-reactive ketones (excluding diaryl/α,β-unsaturated/α-hetero) is 1. The molecule has 1 rings (SSSR count). The summed E-state index contributed by atoms with van der Waals surface area (Å²) in [6.07, 6.45) is 0.636. The Bertz CT molecular complexity index is 293. The number of carbonyl (C=O) groups is 1. The van der Waals surface area contributed by atoms with Crippen LogP contribution >= 0.6 is 11.8 Å². The highest BCUT2D eigenvalue weighted by Crippen LogP contribution is 2.21. The fraction of sp³-hybridized carbons (Fsp3) is 0.364. The van der Waals surface area contributed by atoms with E-state index in [2.05, 4.69) is 0 Å². The summed E-state index contributed by atoms with van der Waals surface area (Å²) in [6.45, 7) is 1.62. The Hall–Kier alpha value is -0.960. The minimum absolute atomic E-state index is 0.242. The monoisotopic (exact) mass is 210 g/mol. The molecule has 0 radical (unpaired) electrons. The first-order valence-electron chi connectivity index (χ1n) is 4.48. The van der Waals surface area contributed by atoms with E-state index in [1.165, 1.54) is 4.90 Å². The fourth-order valence-corrected chi connectivity index (χ4v) is 1.94. The molecule has 0 unspecified atom stereocenters. The van der Waals surface area contributed by atoms with Crippen LogP contribution in [-0.4, -0.2) is 18.6 Å². The summed E-state index contributed by atoms with van der Waals surface area (Å²) < 4.78 is 5.05. The van der Waals surface area contributed by atoms with E-state index < -0.39 is 0 Å². The van der Waals surface area contributed by atoms with E-state index in [0.717, 1.165) is 11.5 Å². The van der Waals surface area contributed by atoms with E-state index in [1.54, 1.807) is 25.8 Å². The standard InChI is InChI=1S/C11H14O2S/c1-9(12)7-8-14-11-5-3-10(13-2)4-6-11/h3-6H,7-8H2,1-2H3. The van der Waals surface area contributed by atoms with Crippen molar-refractivity contribution in [2.24, 2.45) is 0 Å².